The summed E-state index contributed by atoms with van der Waals surface area (Å²) < 4.78 is 5.21. The monoisotopic (exact) mass is 261 g/mol. The highest BCUT2D eigenvalue weighted by Crippen LogP contribution is 2.06. The maximum absolute atomic E-state index is 11.7. The van der Waals surface area contributed by atoms with Crippen molar-refractivity contribution in [2.24, 2.45) is 0 Å². The van der Waals surface area contributed by atoms with Crippen LogP contribution in [-0.2, 0) is 11.3 Å². The minimum absolute atomic E-state index is 0.157. The molecule has 2 amide bonds. The molecule has 1 aromatic heterocycles. The van der Waals surface area contributed by atoms with Crippen molar-refractivity contribution in [1.82, 2.24) is 15.6 Å². The highest BCUT2D eigenvalue weighted by molar-refractivity contribution is 5.74. The van der Waals surface area contributed by atoms with Gasteiger partial charge < -0.3 is 15.4 Å². The predicted molar refractivity (Wildman–Crippen MR) is 72.7 cm³/mol. The lowest BCUT2D eigenvalue weighted by atomic mass is 10.1. The van der Waals surface area contributed by atoms with Gasteiger partial charge in [-0.15, -0.1) is 0 Å². The molecule has 0 saturated heterocycles. The Balaban J connectivity index is 1.73. The van der Waals surface area contributed by atoms with Crippen molar-refractivity contribution in [2.75, 3.05) is 19.8 Å². The Bertz CT molecular complexity index is 472. The van der Waals surface area contributed by atoms with Crippen LogP contribution in [-0.4, -0.2) is 30.8 Å². The van der Waals surface area contributed by atoms with Gasteiger partial charge >= 0.3 is 6.03 Å². The van der Waals surface area contributed by atoms with Gasteiger partial charge in [0.2, 0.25) is 0 Å². The van der Waals surface area contributed by atoms with Gasteiger partial charge in [-0.2, -0.15) is 0 Å². The topological polar surface area (TPSA) is 63.2 Å². The number of carbonyl (C=O) groups is 1. The summed E-state index contributed by atoms with van der Waals surface area (Å²) in [4.78, 5) is 15.9. The SMILES string of the molecule is Cc1ncccc1CNC(=O)NCC1=CCOCC1. The zero-order chi connectivity index (χ0) is 13.5. The zero-order valence-electron chi connectivity index (χ0n) is 11.1. The number of rotatable bonds is 4. The Labute approximate surface area is 113 Å². The first-order chi connectivity index (χ1) is 9.25. The van der Waals surface area contributed by atoms with Gasteiger partial charge in [0, 0.05) is 25.0 Å². The minimum atomic E-state index is -0.157. The van der Waals surface area contributed by atoms with E-state index in [-0.39, 0.29) is 6.03 Å². The van der Waals surface area contributed by atoms with Crippen LogP contribution in [0.5, 0.6) is 0 Å². The molecule has 19 heavy (non-hydrogen) atoms. The third-order valence-corrected chi connectivity index (χ3v) is 3.09. The minimum Gasteiger partial charge on any atom is -0.377 e. The zero-order valence-corrected chi connectivity index (χ0v) is 11.1. The van der Waals surface area contributed by atoms with Crippen LogP contribution < -0.4 is 10.6 Å². The first-order valence-electron chi connectivity index (χ1n) is 6.43. The van der Waals surface area contributed by atoms with E-state index in [1.54, 1.807) is 6.20 Å². The van der Waals surface area contributed by atoms with Gasteiger partial charge in [0.1, 0.15) is 0 Å². The van der Waals surface area contributed by atoms with Gasteiger partial charge in [-0.05, 0) is 25.0 Å². The Hall–Kier alpha value is -1.88. The number of carbonyl (C=O) groups excluding carboxylic acids is 1. The number of nitrogens with zero attached hydrogens (tertiary/aromatic N) is 1. The molecule has 0 radical (unpaired) electrons. The first-order valence-corrected chi connectivity index (χ1v) is 6.43. The number of nitrogens with one attached hydrogen (secondary N) is 2. The van der Waals surface area contributed by atoms with Gasteiger partial charge in [0.25, 0.3) is 0 Å². The lowest BCUT2D eigenvalue weighted by Crippen LogP contribution is -2.36. The summed E-state index contributed by atoms with van der Waals surface area (Å²) in [5, 5.41) is 5.68. The molecule has 5 heteroatoms. The van der Waals surface area contributed by atoms with Crippen molar-refractivity contribution in [2.45, 2.75) is 19.9 Å². The molecular weight excluding hydrogens is 242 g/mol. The van der Waals surface area contributed by atoms with Gasteiger partial charge in [-0.3, -0.25) is 4.98 Å². The van der Waals surface area contributed by atoms with E-state index in [1.807, 2.05) is 25.1 Å². The Kier molecular flexibility index (Phi) is 4.92. The van der Waals surface area contributed by atoms with Crippen LogP contribution in [0.4, 0.5) is 4.79 Å². The highest BCUT2D eigenvalue weighted by atomic mass is 16.5. The normalized spacial score (nSPS) is 14.7. The van der Waals surface area contributed by atoms with E-state index in [1.165, 1.54) is 5.57 Å². The molecule has 0 spiro atoms. The second-order valence-corrected chi connectivity index (χ2v) is 4.47. The van der Waals surface area contributed by atoms with Crippen LogP contribution in [0, 0.1) is 6.92 Å². The highest BCUT2D eigenvalue weighted by Gasteiger charge is 2.06. The second kappa shape index (κ2) is 6.89. The van der Waals surface area contributed by atoms with Crippen molar-refractivity contribution in [3.8, 4) is 0 Å². The maximum atomic E-state index is 11.7. The summed E-state index contributed by atoms with van der Waals surface area (Å²) in [5.74, 6) is 0. The Morgan fingerprint density at radius 1 is 1.42 bits per heavy atom. The fraction of sp³-hybridized carbons (Fsp3) is 0.429. The Morgan fingerprint density at radius 3 is 3.00 bits per heavy atom. The van der Waals surface area contributed by atoms with E-state index < -0.39 is 0 Å². The van der Waals surface area contributed by atoms with Crippen molar-refractivity contribution >= 4 is 6.03 Å². The molecule has 0 saturated carbocycles. The summed E-state index contributed by atoms with van der Waals surface area (Å²) in [5.41, 5.74) is 3.19. The van der Waals surface area contributed by atoms with Crippen molar-refractivity contribution in [1.29, 1.82) is 0 Å². The van der Waals surface area contributed by atoms with Gasteiger partial charge in [-0.25, -0.2) is 4.79 Å². The summed E-state index contributed by atoms with van der Waals surface area (Å²) in [7, 11) is 0. The summed E-state index contributed by atoms with van der Waals surface area (Å²) >= 11 is 0. The summed E-state index contributed by atoms with van der Waals surface area (Å²) in [6, 6.07) is 3.67. The van der Waals surface area contributed by atoms with E-state index >= 15 is 0 Å². The number of urea groups is 1. The molecular formula is C14H19N3O2. The van der Waals surface area contributed by atoms with Crippen LogP contribution in [0.1, 0.15) is 17.7 Å². The van der Waals surface area contributed by atoms with Gasteiger partial charge in [-0.1, -0.05) is 17.7 Å². The number of hydrogen-bond donors (Lipinski definition) is 2. The number of aryl methyl sites for hydroxylation is 1. The van der Waals surface area contributed by atoms with Crippen LogP contribution in [0.25, 0.3) is 0 Å². The molecule has 0 unspecified atom stereocenters. The van der Waals surface area contributed by atoms with Crippen LogP contribution >= 0.6 is 0 Å². The van der Waals surface area contributed by atoms with E-state index in [2.05, 4.69) is 15.6 Å². The largest absolute Gasteiger partial charge is 0.377 e. The average molecular weight is 261 g/mol. The second-order valence-electron chi connectivity index (χ2n) is 4.47. The molecule has 2 rings (SSSR count). The molecule has 0 aromatic carbocycles. The van der Waals surface area contributed by atoms with Gasteiger partial charge in [0.05, 0.1) is 13.2 Å². The van der Waals surface area contributed by atoms with Crippen molar-refractivity contribution in [3.05, 3.63) is 41.2 Å². The smallest absolute Gasteiger partial charge is 0.315 e. The molecule has 2 heterocycles. The van der Waals surface area contributed by atoms with E-state index in [4.69, 9.17) is 4.74 Å². The third kappa shape index (κ3) is 4.37. The number of hydrogen-bond acceptors (Lipinski definition) is 3. The lowest BCUT2D eigenvalue weighted by molar-refractivity contribution is 0.153. The summed E-state index contributed by atoms with van der Waals surface area (Å²) in [6.07, 6.45) is 4.66. The standard InChI is InChI=1S/C14H19N3O2/c1-11-13(3-2-6-15-11)10-17-14(18)16-9-12-4-7-19-8-5-12/h2-4,6H,5,7-10H2,1H3,(H2,16,17,18). The summed E-state index contributed by atoms with van der Waals surface area (Å²) in [6.45, 7) is 4.40. The quantitative estimate of drug-likeness (QED) is 0.808. The number of ether oxygens (including phenoxy) is 1. The number of aromatic nitrogens is 1. The predicted octanol–water partition coefficient (Wildman–Crippen LogP) is 1.54. The fourth-order valence-electron chi connectivity index (χ4n) is 1.86. The van der Waals surface area contributed by atoms with Crippen LogP contribution in [0.15, 0.2) is 30.0 Å². The molecule has 0 bridgehead atoms. The molecule has 1 aliphatic heterocycles. The molecule has 5 nitrogen and oxygen atoms in total. The maximum Gasteiger partial charge on any atom is 0.315 e. The molecule has 0 atom stereocenters. The molecule has 2 N–H and O–H groups in total. The Morgan fingerprint density at radius 2 is 2.26 bits per heavy atom. The van der Waals surface area contributed by atoms with Crippen LogP contribution in [0.2, 0.25) is 0 Å². The van der Waals surface area contributed by atoms with E-state index in [0.29, 0.717) is 19.7 Å². The third-order valence-electron chi connectivity index (χ3n) is 3.09. The first kappa shape index (κ1) is 13.5. The van der Waals surface area contributed by atoms with Gasteiger partial charge in [0.15, 0.2) is 0 Å². The fourth-order valence-corrected chi connectivity index (χ4v) is 1.86. The molecule has 1 aromatic rings. The number of amides is 2. The van der Waals surface area contributed by atoms with Crippen molar-refractivity contribution < 1.29 is 9.53 Å². The average Bonchev–Trinajstić information content (AvgIpc) is 2.45. The molecule has 0 aliphatic carbocycles. The van der Waals surface area contributed by atoms with Crippen LogP contribution in [0.3, 0.4) is 0 Å². The van der Waals surface area contributed by atoms with E-state index in [9.17, 15) is 4.79 Å². The lowest BCUT2D eigenvalue weighted by Gasteiger charge is -2.14. The molecule has 102 valence electrons. The number of pyridine rings is 1. The van der Waals surface area contributed by atoms with Crippen molar-refractivity contribution in [3.63, 3.8) is 0 Å². The van der Waals surface area contributed by atoms with E-state index in [0.717, 1.165) is 24.3 Å². The molecule has 0 fully saturated rings. The molecule has 1 aliphatic rings.